The maximum absolute atomic E-state index is 13.1. The lowest BCUT2D eigenvalue weighted by Gasteiger charge is -2.15. The lowest BCUT2D eigenvalue weighted by Crippen LogP contribution is -2.31. The Morgan fingerprint density at radius 3 is 2.91 bits per heavy atom. The van der Waals surface area contributed by atoms with E-state index in [-0.39, 0.29) is 42.5 Å². The summed E-state index contributed by atoms with van der Waals surface area (Å²) in [5, 5.41) is 21.7. The molecule has 184 valence electrons. The zero-order valence-corrected chi connectivity index (χ0v) is 19.8. The summed E-state index contributed by atoms with van der Waals surface area (Å²) in [6, 6.07) is 1.21. The van der Waals surface area contributed by atoms with Crippen LogP contribution in [0, 0.1) is 11.8 Å². The molecule has 0 saturated heterocycles. The number of aryl methyl sites for hydroxylation is 1. The van der Waals surface area contributed by atoms with E-state index in [1.54, 1.807) is 34.0 Å². The van der Waals surface area contributed by atoms with Crippen LogP contribution in [0.4, 0.5) is 5.82 Å². The first-order chi connectivity index (χ1) is 16.7. The van der Waals surface area contributed by atoms with Crippen LogP contribution in [0.5, 0.6) is 0 Å². The summed E-state index contributed by atoms with van der Waals surface area (Å²) in [7, 11) is -0.921. The minimum atomic E-state index is -3.95. The van der Waals surface area contributed by atoms with Crippen molar-refractivity contribution in [2.45, 2.75) is 37.6 Å². The highest BCUT2D eigenvalue weighted by Crippen LogP contribution is 2.27. The number of rotatable bonds is 8. The maximum atomic E-state index is 13.1. The standard InChI is InChI=1S/C21H24N8O5S/c1-22-35(32,33)34-19-9-15(8-18(19)30)26-21-16(11-23-13-24-21)20(31)17-5-7-29(27-17)6-3-4-14-10-25-28(2)12-14/h5,7,10-13,15,18-19,22,30H,6,8-9H2,1-2H3,(H,23,24,26)/t15-,18+,19-/m1/s1. The first-order valence-corrected chi connectivity index (χ1v) is 12.1. The van der Waals surface area contributed by atoms with Gasteiger partial charge in [0.25, 0.3) is 0 Å². The van der Waals surface area contributed by atoms with Crippen LogP contribution in [0.2, 0.25) is 0 Å². The van der Waals surface area contributed by atoms with Gasteiger partial charge in [-0.05, 0) is 18.9 Å². The van der Waals surface area contributed by atoms with E-state index in [1.807, 2.05) is 7.05 Å². The molecule has 3 aromatic rings. The van der Waals surface area contributed by atoms with E-state index in [4.69, 9.17) is 4.18 Å². The number of nitrogens with zero attached hydrogens (tertiary/aromatic N) is 6. The van der Waals surface area contributed by atoms with Crippen LogP contribution in [0.1, 0.15) is 34.5 Å². The summed E-state index contributed by atoms with van der Waals surface area (Å²) in [6.45, 7) is 0.287. The Morgan fingerprint density at radius 2 is 2.17 bits per heavy atom. The molecule has 0 unspecified atom stereocenters. The van der Waals surface area contributed by atoms with Gasteiger partial charge < -0.3 is 10.4 Å². The highest BCUT2D eigenvalue weighted by Gasteiger charge is 2.37. The number of carbonyl (C=O) groups is 1. The molecule has 14 heteroatoms. The molecule has 1 aliphatic rings. The van der Waals surface area contributed by atoms with Gasteiger partial charge in [-0.1, -0.05) is 11.8 Å². The summed E-state index contributed by atoms with van der Waals surface area (Å²) in [4.78, 5) is 21.2. The average molecular weight is 501 g/mol. The summed E-state index contributed by atoms with van der Waals surface area (Å²) < 4.78 is 33.6. The normalized spacial score (nSPS) is 19.8. The van der Waals surface area contributed by atoms with E-state index in [9.17, 15) is 18.3 Å². The van der Waals surface area contributed by atoms with Crippen molar-refractivity contribution in [3.05, 3.63) is 54.0 Å². The molecule has 1 saturated carbocycles. The smallest absolute Gasteiger partial charge is 0.335 e. The van der Waals surface area contributed by atoms with Gasteiger partial charge in [0.1, 0.15) is 30.5 Å². The molecule has 1 fully saturated rings. The molecule has 1 aliphatic carbocycles. The molecule has 0 radical (unpaired) electrons. The van der Waals surface area contributed by atoms with Crippen LogP contribution in [-0.2, 0) is 28.1 Å². The van der Waals surface area contributed by atoms with Gasteiger partial charge in [0.15, 0.2) is 0 Å². The molecule has 3 N–H and O–H groups in total. The highest BCUT2D eigenvalue weighted by atomic mass is 32.2. The van der Waals surface area contributed by atoms with Gasteiger partial charge in [-0.25, -0.2) is 9.97 Å². The third-order valence-electron chi connectivity index (χ3n) is 5.32. The molecule has 0 aromatic carbocycles. The number of ketones is 1. The SMILES string of the molecule is CNS(=O)(=O)O[C@@H]1C[C@H](Nc2ncncc2C(=O)c2ccn(CC#Cc3cnn(C)c3)n2)C[C@@H]1O. The molecule has 0 spiro atoms. The molecule has 3 atom stereocenters. The number of aliphatic hydroxyl groups excluding tert-OH is 1. The molecular weight excluding hydrogens is 476 g/mol. The van der Waals surface area contributed by atoms with Crippen molar-refractivity contribution in [1.82, 2.24) is 34.3 Å². The molecule has 3 heterocycles. The van der Waals surface area contributed by atoms with E-state index in [0.717, 1.165) is 5.56 Å². The van der Waals surface area contributed by atoms with Gasteiger partial charge >= 0.3 is 10.3 Å². The van der Waals surface area contributed by atoms with Crippen molar-refractivity contribution < 1.29 is 22.5 Å². The third kappa shape index (κ3) is 6.08. The number of hydrogen-bond acceptors (Lipinski definition) is 10. The van der Waals surface area contributed by atoms with Gasteiger partial charge in [0.2, 0.25) is 5.78 Å². The Labute approximate surface area is 201 Å². The van der Waals surface area contributed by atoms with Crippen LogP contribution >= 0.6 is 0 Å². The van der Waals surface area contributed by atoms with Crippen LogP contribution in [0.25, 0.3) is 0 Å². The van der Waals surface area contributed by atoms with Crippen molar-refractivity contribution in [2.75, 3.05) is 12.4 Å². The molecular formula is C21H24N8O5S. The van der Waals surface area contributed by atoms with E-state index >= 15 is 0 Å². The summed E-state index contributed by atoms with van der Waals surface area (Å²) >= 11 is 0. The molecule has 0 aliphatic heterocycles. The van der Waals surface area contributed by atoms with Crippen LogP contribution in [0.3, 0.4) is 0 Å². The minimum Gasteiger partial charge on any atom is -0.390 e. The van der Waals surface area contributed by atoms with Crippen LogP contribution in [0.15, 0.2) is 37.2 Å². The summed E-state index contributed by atoms with van der Waals surface area (Å²) in [6.07, 6.45) is 6.27. The second-order valence-corrected chi connectivity index (χ2v) is 9.40. The van der Waals surface area contributed by atoms with Crippen molar-refractivity contribution in [2.24, 2.45) is 7.05 Å². The first kappa shape index (κ1) is 24.5. The second-order valence-electron chi connectivity index (χ2n) is 7.89. The van der Waals surface area contributed by atoms with Gasteiger partial charge in [0, 0.05) is 38.7 Å². The average Bonchev–Trinajstić information content (AvgIpc) is 3.55. The van der Waals surface area contributed by atoms with Gasteiger partial charge in [-0.2, -0.15) is 23.3 Å². The van der Waals surface area contributed by atoms with Crippen molar-refractivity contribution >= 4 is 21.9 Å². The first-order valence-electron chi connectivity index (χ1n) is 10.7. The van der Waals surface area contributed by atoms with Crippen molar-refractivity contribution in [3.8, 4) is 11.8 Å². The number of hydrogen-bond donors (Lipinski definition) is 3. The summed E-state index contributed by atoms with van der Waals surface area (Å²) in [5.74, 6) is 5.82. The fourth-order valence-electron chi connectivity index (χ4n) is 3.63. The highest BCUT2D eigenvalue weighted by molar-refractivity contribution is 7.84. The van der Waals surface area contributed by atoms with E-state index in [1.165, 1.54) is 19.6 Å². The Balaban J connectivity index is 1.43. The third-order valence-corrected chi connectivity index (χ3v) is 6.32. The van der Waals surface area contributed by atoms with E-state index in [0.29, 0.717) is 0 Å². The summed E-state index contributed by atoms with van der Waals surface area (Å²) in [5.41, 5.74) is 1.17. The maximum Gasteiger partial charge on any atom is 0.335 e. The van der Waals surface area contributed by atoms with E-state index < -0.39 is 28.3 Å². The van der Waals surface area contributed by atoms with Crippen molar-refractivity contribution in [3.63, 3.8) is 0 Å². The number of nitrogens with one attached hydrogen (secondary N) is 2. The minimum absolute atomic E-state index is 0.193. The second kappa shape index (κ2) is 10.3. The fraction of sp³-hybridized carbons (Fsp3) is 0.381. The number of carbonyl (C=O) groups excluding carboxylic acids is 1. The molecule has 13 nitrogen and oxygen atoms in total. The molecule has 0 amide bonds. The van der Waals surface area contributed by atoms with E-state index in [2.05, 4.69) is 42.0 Å². The predicted octanol–water partition coefficient (Wildman–Crippen LogP) is -0.526. The van der Waals surface area contributed by atoms with Crippen LogP contribution < -0.4 is 10.0 Å². The molecule has 4 rings (SSSR count). The lowest BCUT2D eigenvalue weighted by molar-refractivity contribution is 0.0636. The number of aromatic nitrogens is 6. The molecule has 35 heavy (non-hydrogen) atoms. The Bertz CT molecular complexity index is 1370. The van der Waals surface area contributed by atoms with Gasteiger partial charge in [-0.15, -0.1) is 0 Å². The topological polar surface area (TPSA) is 166 Å². The quantitative estimate of drug-likeness (QED) is 0.270. The van der Waals surface area contributed by atoms with Gasteiger partial charge in [-0.3, -0.25) is 18.3 Å². The fourth-order valence-corrected chi connectivity index (χ4v) is 4.26. The number of aliphatic hydroxyl groups is 1. The predicted molar refractivity (Wildman–Crippen MR) is 123 cm³/mol. The molecule has 0 bridgehead atoms. The zero-order chi connectivity index (χ0) is 25.0. The zero-order valence-electron chi connectivity index (χ0n) is 19.0. The largest absolute Gasteiger partial charge is 0.390 e. The Hall–Kier alpha value is -3.64. The van der Waals surface area contributed by atoms with Crippen molar-refractivity contribution in [1.29, 1.82) is 0 Å². The van der Waals surface area contributed by atoms with Crippen LogP contribution in [-0.4, -0.2) is 74.1 Å². The van der Waals surface area contributed by atoms with Gasteiger partial charge in [0.05, 0.1) is 23.4 Å². The molecule has 3 aromatic heterocycles. The Kier molecular flexibility index (Phi) is 7.22. The number of anilines is 1. The Morgan fingerprint density at radius 1 is 1.34 bits per heavy atom. The lowest BCUT2D eigenvalue weighted by atomic mass is 10.1. The monoisotopic (exact) mass is 500 g/mol.